The Balaban J connectivity index is 3.11. The predicted octanol–water partition coefficient (Wildman–Crippen LogP) is 2.48. The van der Waals surface area contributed by atoms with Crippen LogP contribution < -0.4 is 14.2 Å². The molecule has 0 aromatic heterocycles. The van der Waals surface area contributed by atoms with Crippen molar-refractivity contribution in [2.45, 2.75) is 20.3 Å². The maximum Gasteiger partial charge on any atom is 0.203 e. The summed E-state index contributed by atoms with van der Waals surface area (Å²) in [6.07, 6.45) is 0.659. The molecule has 1 rings (SSSR count). The van der Waals surface area contributed by atoms with Crippen molar-refractivity contribution in [3.8, 4) is 17.2 Å². The van der Waals surface area contributed by atoms with Gasteiger partial charge in [0.2, 0.25) is 5.75 Å². The Morgan fingerprint density at radius 2 is 1.61 bits per heavy atom. The lowest BCUT2D eigenvalue weighted by atomic mass is 9.97. The second kappa shape index (κ2) is 6.28. The highest BCUT2D eigenvalue weighted by molar-refractivity contribution is 5.78. The largest absolute Gasteiger partial charge is 0.493 e. The summed E-state index contributed by atoms with van der Waals surface area (Å²) in [4.78, 5) is 11.3. The maximum absolute atomic E-state index is 11.3. The van der Waals surface area contributed by atoms with E-state index in [2.05, 4.69) is 0 Å². The van der Waals surface area contributed by atoms with Gasteiger partial charge < -0.3 is 14.2 Å². The van der Waals surface area contributed by atoms with Gasteiger partial charge in [-0.05, 0) is 31.0 Å². The molecule has 0 heterocycles. The number of benzene rings is 1. The third kappa shape index (κ3) is 3.15. The monoisotopic (exact) mass is 252 g/mol. The molecule has 0 saturated heterocycles. The third-order valence-electron chi connectivity index (χ3n) is 2.96. The Morgan fingerprint density at radius 3 is 1.94 bits per heavy atom. The Hall–Kier alpha value is -1.71. The van der Waals surface area contributed by atoms with Gasteiger partial charge in [-0.25, -0.2) is 0 Å². The van der Waals surface area contributed by atoms with Crippen LogP contribution in [-0.4, -0.2) is 27.1 Å². The molecular formula is C14H20O4. The van der Waals surface area contributed by atoms with Gasteiger partial charge in [0.25, 0.3) is 0 Å². The minimum atomic E-state index is -0.0205. The Bertz CT molecular complexity index is 401. The number of carbonyl (C=O) groups excluding carboxylic acids is 1. The summed E-state index contributed by atoms with van der Waals surface area (Å²) in [5, 5.41) is 0. The Kier molecular flexibility index (Phi) is 5.01. The van der Waals surface area contributed by atoms with Crippen LogP contribution in [0.15, 0.2) is 12.1 Å². The number of methoxy groups -OCH3 is 3. The van der Waals surface area contributed by atoms with E-state index in [0.29, 0.717) is 23.7 Å². The van der Waals surface area contributed by atoms with E-state index < -0.39 is 0 Å². The first-order valence-electron chi connectivity index (χ1n) is 5.82. The van der Waals surface area contributed by atoms with Crippen molar-refractivity contribution < 1.29 is 19.0 Å². The predicted molar refractivity (Wildman–Crippen MR) is 69.6 cm³/mol. The molecule has 1 unspecified atom stereocenters. The van der Waals surface area contributed by atoms with E-state index in [4.69, 9.17) is 14.2 Å². The van der Waals surface area contributed by atoms with Crippen LogP contribution in [0.2, 0.25) is 0 Å². The van der Waals surface area contributed by atoms with Gasteiger partial charge in [-0.2, -0.15) is 0 Å². The lowest BCUT2D eigenvalue weighted by molar-refractivity contribution is -0.120. The summed E-state index contributed by atoms with van der Waals surface area (Å²) in [5.74, 6) is 1.95. The fourth-order valence-corrected chi connectivity index (χ4v) is 1.75. The first-order valence-corrected chi connectivity index (χ1v) is 5.82. The van der Waals surface area contributed by atoms with Gasteiger partial charge in [0.15, 0.2) is 11.5 Å². The SMILES string of the molecule is COc1cc(CC(C)C(C)=O)cc(OC)c1OC. The molecule has 0 radical (unpaired) electrons. The smallest absolute Gasteiger partial charge is 0.203 e. The van der Waals surface area contributed by atoms with Gasteiger partial charge in [0.1, 0.15) is 5.78 Å². The highest BCUT2D eigenvalue weighted by atomic mass is 16.5. The normalized spacial score (nSPS) is 11.8. The molecule has 0 spiro atoms. The molecule has 4 heteroatoms. The summed E-state index contributed by atoms with van der Waals surface area (Å²) < 4.78 is 15.8. The van der Waals surface area contributed by atoms with Gasteiger partial charge in [0, 0.05) is 5.92 Å². The number of ether oxygens (including phenoxy) is 3. The molecule has 1 aromatic carbocycles. The number of hydrogen-bond acceptors (Lipinski definition) is 4. The quantitative estimate of drug-likeness (QED) is 0.780. The lowest BCUT2D eigenvalue weighted by Gasteiger charge is -2.15. The molecule has 0 aliphatic rings. The maximum atomic E-state index is 11.3. The van der Waals surface area contributed by atoms with Gasteiger partial charge in [-0.3, -0.25) is 4.79 Å². The van der Waals surface area contributed by atoms with Crippen molar-refractivity contribution in [1.82, 2.24) is 0 Å². The number of carbonyl (C=O) groups is 1. The number of rotatable bonds is 6. The van der Waals surface area contributed by atoms with E-state index in [9.17, 15) is 4.79 Å². The van der Waals surface area contributed by atoms with Gasteiger partial charge in [-0.1, -0.05) is 6.92 Å². The van der Waals surface area contributed by atoms with Crippen molar-refractivity contribution in [3.05, 3.63) is 17.7 Å². The fraction of sp³-hybridized carbons (Fsp3) is 0.500. The molecule has 1 atom stereocenters. The van der Waals surface area contributed by atoms with Crippen LogP contribution in [0.4, 0.5) is 0 Å². The lowest BCUT2D eigenvalue weighted by Crippen LogP contribution is -2.10. The van der Waals surface area contributed by atoms with Gasteiger partial charge in [-0.15, -0.1) is 0 Å². The Labute approximate surface area is 108 Å². The zero-order valence-corrected chi connectivity index (χ0v) is 11.6. The van der Waals surface area contributed by atoms with Crippen molar-refractivity contribution >= 4 is 5.78 Å². The van der Waals surface area contributed by atoms with Crippen LogP contribution in [0.1, 0.15) is 19.4 Å². The molecule has 100 valence electrons. The minimum absolute atomic E-state index is 0.0205. The number of ketones is 1. The van der Waals surface area contributed by atoms with Crippen molar-refractivity contribution in [3.63, 3.8) is 0 Å². The minimum Gasteiger partial charge on any atom is -0.493 e. The molecule has 0 fully saturated rings. The second-order valence-electron chi connectivity index (χ2n) is 4.25. The highest BCUT2D eigenvalue weighted by Gasteiger charge is 2.15. The van der Waals surface area contributed by atoms with Gasteiger partial charge in [0.05, 0.1) is 21.3 Å². The first-order chi connectivity index (χ1) is 8.53. The average molecular weight is 252 g/mol. The highest BCUT2D eigenvalue weighted by Crippen LogP contribution is 2.38. The summed E-state index contributed by atoms with van der Waals surface area (Å²) in [7, 11) is 4.73. The number of hydrogen-bond donors (Lipinski definition) is 0. The van der Waals surface area contributed by atoms with Crippen LogP contribution in [0.3, 0.4) is 0 Å². The fourth-order valence-electron chi connectivity index (χ4n) is 1.75. The number of Topliss-reactive ketones (excluding diaryl/α,β-unsaturated/α-hetero) is 1. The van der Waals surface area contributed by atoms with E-state index in [1.54, 1.807) is 28.3 Å². The van der Waals surface area contributed by atoms with Crippen molar-refractivity contribution in [2.24, 2.45) is 5.92 Å². The topological polar surface area (TPSA) is 44.8 Å². The van der Waals surface area contributed by atoms with E-state index in [0.717, 1.165) is 5.56 Å². The van der Waals surface area contributed by atoms with E-state index >= 15 is 0 Å². The zero-order valence-electron chi connectivity index (χ0n) is 11.6. The molecule has 0 bridgehead atoms. The Morgan fingerprint density at radius 1 is 1.11 bits per heavy atom. The molecular weight excluding hydrogens is 232 g/mol. The molecule has 0 N–H and O–H groups in total. The van der Waals surface area contributed by atoms with Crippen LogP contribution >= 0.6 is 0 Å². The van der Waals surface area contributed by atoms with Crippen LogP contribution in [-0.2, 0) is 11.2 Å². The molecule has 1 aromatic rings. The molecule has 18 heavy (non-hydrogen) atoms. The molecule has 0 aliphatic carbocycles. The second-order valence-corrected chi connectivity index (χ2v) is 4.25. The molecule has 4 nitrogen and oxygen atoms in total. The van der Waals surface area contributed by atoms with Crippen LogP contribution in [0.25, 0.3) is 0 Å². The molecule has 0 saturated carbocycles. The third-order valence-corrected chi connectivity index (χ3v) is 2.96. The first kappa shape index (κ1) is 14.4. The van der Waals surface area contributed by atoms with Crippen LogP contribution in [0.5, 0.6) is 17.2 Å². The van der Waals surface area contributed by atoms with Crippen molar-refractivity contribution in [2.75, 3.05) is 21.3 Å². The molecule has 0 aliphatic heterocycles. The van der Waals surface area contributed by atoms with Gasteiger partial charge >= 0.3 is 0 Å². The van der Waals surface area contributed by atoms with Crippen molar-refractivity contribution in [1.29, 1.82) is 0 Å². The standard InChI is InChI=1S/C14H20O4/c1-9(10(2)15)6-11-7-12(16-3)14(18-5)13(8-11)17-4/h7-9H,6H2,1-5H3. The molecule has 0 amide bonds. The summed E-state index contributed by atoms with van der Waals surface area (Å²) in [6, 6.07) is 3.75. The summed E-state index contributed by atoms with van der Waals surface area (Å²) in [5.41, 5.74) is 0.993. The summed E-state index contributed by atoms with van der Waals surface area (Å²) >= 11 is 0. The summed E-state index contributed by atoms with van der Waals surface area (Å²) in [6.45, 7) is 3.51. The van der Waals surface area contributed by atoms with Crippen LogP contribution in [0, 0.1) is 5.92 Å². The zero-order chi connectivity index (χ0) is 13.7. The average Bonchev–Trinajstić information content (AvgIpc) is 2.37. The van der Waals surface area contributed by atoms with E-state index in [1.165, 1.54) is 0 Å². The van der Waals surface area contributed by atoms with E-state index in [1.807, 2.05) is 19.1 Å². The van der Waals surface area contributed by atoms with E-state index in [-0.39, 0.29) is 11.7 Å².